The highest BCUT2D eigenvalue weighted by atomic mass is 19.3. The van der Waals surface area contributed by atoms with Crippen LogP contribution in [0.1, 0.15) is 31.2 Å². The summed E-state index contributed by atoms with van der Waals surface area (Å²) in [6, 6.07) is 5.52. The first kappa shape index (κ1) is 14.4. The van der Waals surface area contributed by atoms with Crippen molar-refractivity contribution in [2.24, 2.45) is 0 Å². The molecular weight excluding hydrogens is 264 g/mol. The summed E-state index contributed by atoms with van der Waals surface area (Å²) in [6.45, 7) is 5.19. The fourth-order valence-corrected chi connectivity index (χ4v) is 1.81. The van der Waals surface area contributed by atoms with Crippen LogP contribution in [0.5, 0.6) is 5.75 Å². The first-order valence-electron chi connectivity index (χ1n) is 6.41. The molecule has 0 saturated carbocycles. The maximum Gasteiger partial charge on any atom is 0.272 e. The van der Waals surface area contributed by atoms with Gasteiger partial charge in [0.15, 0.2) is 0 Å². The highest BCUT2D eigenvalue weighted by Gasteiger charge is 2.13. The van der Waals surface area contributed by atoms with Gasteiger partial charge in [0.05, 0.1) is 0 Å². The number of ether oxygens (including phenoxy) is 1. The maximum atomic E-state index is 12.4. The van der Waals surface area contributed by atoms with Crippen LogP contribution in [0.4, 0.5) is 8.78 Å². The van der Waals surface area contributed by atoms with E-state index in [-0.39, 0.29) is 5.92 Å². The molecule has 1 heterocycles. The average Bonchev–Trinajstić information content (AvgIpc) is 2.82. The van der Waals surface area contributed by atoms with Crippen LogP contribution in [0.15, 0.2) is 24.5 Å². The van der Waals surface area contributed by atoms with Crippen molar-refractivity contribution >= 4 is 0 Å². The molecule has 108 valence electrons. The van der Waals surface area contributed by atoms with Crippen LogP contribution >= 0.6 is 0 Å². The Labute approximate surface area is 116 Å². The van der Waals surface area contributed by atoms with Crippen molar-refractivity contribution in [2.75, 3.05) is 6.61 Å². The Balaban J connectivity index is 2.38. The Morgan fingerprint density at radius 1 is 1.30 bits per heavy atom. The molecule has 4 nitrogen and oxygen atoms in total. The standard InChI is InChI=1S/C14H17F2N3O/c1-9(2)11-4-5-12(19-8-17-10(3)18-19)13(6-11)20-7-14(15)16/h4-6,8-9,14H,7H2,1-3H3. The van der Waals surface area contributed by atoms with Crippen LogP contribution in [0.3, 0.4) is 0 Å². The van der Waals surface area contributed by atoms with Crippen LogP contribution in [0.2, 0.25) is 0 Å². The van der Waals surface area contributed by atoms with Crippen LogP contribution in [-0.4, -0.2) is 27.8 Å². The molecule has 6 heteroatoms. The smallest absolute Gasteiger partial charge is 0.272 e. The van der Waals surface area contributed by atoms with E-state index in [1.54, 1.807) is 13.0 Å². The maximum absolute atomic E-state index is 12.4. The van der Waals surface area contributed by atoms with Crippen molar-refractivity contribution in [3.8, 4) is 11.4 Å². The van der Waals surface area contributed by atoms with Crippen molar-refractivity contribution in [1.82, 2.24) is 14.8 Å². The van der Waals surface area contributed by atoms with Gasteiger partial charge in [-0.25, -0.2) is 18.4 Å². The molecule has 1 aromatic carbocycles. The molecule has 0 bridgehead atoms. The van der Waals surface area contributed by atoms with Gasteiger partial charge in [0.1, 0.15) is 30.2 Å². The van der Waals surface area contributed by atoms with Gasteiger partial charge in [-0.15, -0.1) is 0 Å². The molecule has 0 aliphatic heterocycles. The number of halogens is 2. The van der Waals surface area contributed by atoms with E-state index in [9.17, 15) is 8.78 Å². The van der Waals surface area contributed by atoms with Gasteiger partial charge in [0.2, 0.25) is 0 Å². The Kier molecular flexibility index (Phi) is 4.32. The highest BCUT2D eigenvalue weighted by Crippen LogP contribution is 2.27. The molecule has 2 aromatic rings. The summed E-state index contributed by atoms with van der Waals surface area (Å²) in [6.07, 6.45) is -0.974. The number of rotatable bonds is 5. The van der Waals surface area contributed by atoms with Gasteiger partial charge < -0.3 is 4.74 Å². The van der Waals surface area contributed by atoms with E-state index >= 15 is 0 Å². The number of hydrogen-bond donors (Lipinski definition) is 0. The molecule has 0 aliphatic rings. The van der Waals surface area contributed by atoms with E-state index in [0.717, 1.165) is 5.56 Å². The lowest BCUT2D eigenvalue weighted by Crippen LogP contribution is -2.10. The first-order chi connectivity index (χ1) is 9.47. The summed E-state index contributed by atoms with van der Waals surface area (Å²) in [5.74, 6) is 1.29. The Hall–Kier alpha value is -1.98. The van der Waals surface area contributed by atoms with Gasteiger partial charge in [0, 0.05) is 0 Å². The number of aromatic nitrogens is 3. The lowest BCUT2D eigenvalue weighted by Gasteiger charge is -2.14. The van der Waals surface area contributed by atoms with Crippen LogP contribution in [-0.2, 0) is 0 Å². The molecule has 0 aliphatic carbocycles. The molecule has 0 spiro atoms. The average molecular weight is 281 g/mol. The fraction of sp³-hybridized carbons (Fsp3) is 0.429. The van der Waals surface area contributed by atoms with E-state index in [4.69, 9.17) is 4.74 Å². The lowest BCUT2D eigenvalue weighted by atomic mass is 10.0. The minimum Gasteiger partial charge on any atom is -0.485 e. The van der Waals surface area contributed by atoms with Gasteiger partial charge in [-0.05, 0) is 30.5 Å². The summed E-state index contributed by atoms with van der Waals surface area (Å²) in [5, 5.41) is 4.18. The predicted octanol–water partition coefficient (Wildman–Crippen LogP) is 3.34. The second kappa shape index (κ2) is 5.98. The zero-order chi connectivity index (χ0) is 14.7. The summed E-state index contributed by atoms with van der Waals surface area (Å²) >= 11 is 0. The predicted molar refractivity (Wildman–Crippen MR) is 71.7 cm³/mol. The summed E-state index contributed by atoms with van der Waals surface area (Å²) in [5.41, 5.74) is 1.63. The Morgan fingerprint density at radius 2 is 2.05 bits per heavy atom. The number of hydrogen-bond acceptors (Lipinski definition) is 3. The molecule has 0 N–H and O–H groups in total. The molecule has 0 atom stereocenters. The molecule has 0 unspecified atom stereocenters. The third-order valence-electron chi connectivity index (χ3n) is 2.87. The van der Waals surface area contributed by atoms with E-state index in [0.29, 0.717) is 17.3 Å². The van der Waals surface area contributed by atoms with E-state index in [2.05, 4.69) is 10.1 Å². The monoisotopic (exact) mass is 281 g/mol. The number of benzene rings is 1. The van der Waals surface area contributed by atoms with E-state index in [1.165, 1.54) is 11.0 Å². The van der Waals surface area contributed by atoms with E-state index < -0.39 is 13.0 Å². The van der Waals surface area contributed by atoms with Crippen molar-refractivity contribution < 1.29 is 13.5 Å². The van der Waals surface area contributed by atoms with Crippen molar-refractivity contribution in [3.05, 3.63) is 35.9 Å². The third kappa shape index (κ3) is 3.31. The fourth-order valence-electron chi connectivity index (χ4n) is 1.81. The Morgan fingerprint density at radius 3 is 2.60 bits per heavy atom. The zero-order valence-corrected chi connectivity index (χ0v) is 11.7. The van der Waals surface area contributed by atoms with Crippen molar-refractivity contribution in [1.29, 1.82) is 0 Å². The summed E-state index contributed by atoms with van der Waals surface area (Å²) in [7, 11) is 0. The zero-order valence-electron chi connectivity index (χ0n) is 11.7. The molecular formula is C14H17F2N3O. The molecule has 0 amide bonds. The molecule has 20 heavy (non-hydrogen) atoms. The largest absolute Gasteiger partial charge is 0.485 e. The SMILES string of the molecule is Cc1ncn(-c2ccc(C(C)C)cc2OCC(F)F)n1. The Bertz CT molecular complexity index is 582. The van der Waals surface area contributed by atoms with Crippen LogP contribution < -0.4 is 4.74 Å². The van der Waals surface area contributed by atoms with Gasteiger partial charge in [-0.3, -0.25) is 0 Å². The highest BCUT2D eigenvalue weighted by molar-refractivity contribution is 5.48. The second-order valence-electron chi connectivity index (χ2n) is 4.82. The van der Waals surface area contributed by atoms with Gasteiger partial charge in [-0.1, -0.05) is 19.9 Å². The summed E-state index contributed by atoms with van der Waals surface area (Å²) in [4.78, 5) is 4.04. The topological polar surface area (TPSA) is 39.9 Å². The van der Waals surface area contributed by atoms with Crippen LogP contribution in [0, 0.1) is 6.92 Å². The van der Waals surface area contributed by atoms with Gasteiger partial charge in [-0.2, -0.15) is 5.10 Å². The quantitative estimate of drug-likeness (QED) is 0.843. The molecule has 0 saturated heterocycles. The second-order valence-corrected chi connectivity index (χ2v) is 4.82. The van der Waals surface area contributed by atoms with Crippen molar-refractivity contribution in [2.45, 2.75) is 33.1 Å². The van der Waals surface area contributed by atoms with Gasteiger partial charge >= 0.3 is 0 Å². The number of aryl methyl sites for hydroxylation is 1. The van der Waals surface area contributed by atoms with Crippen LogP contribution in [0.25, 0.3) is 5.69 Å². The number of nitrogens with zero attached hydrogens (tertiary/aromatic N) is 3. The third-order valence-corrected chi connectivity index (χ3v) is 2.87. The van der Waals surface area contributed by atoms with Gasteiger partial charge in [0.25, 0.3) is 6.43 Å². The first-order valence-corrected chi connectivity index (χ1v) is 6.41. The number of alkyl halides is 2. The summed E-state index contributed by atoms with van der Waals surface area (Å²) < 4.78 is 31.5. The van der Waals surface area contributed by atoms with Crippen molar-refractivity contribution in [3.63, 3.8) is 0 Å². The van der Waals surface area contributed by atoms with E-state index in [1.807, 2.05) is 26.0 Å². The molecule has 2 rings (SSSR count). The molecule has 1 aromatic heterocycles. The minimum absolute atomic E-state index is 0.287. The normalized spacial score (nSPS) is 11.3. The molecule has 0 radical (unpaired) electrons. The lowest BCUT2D eigenvalue weighted by molar-refractivity contribution is 0.0817. The molecule has 0 fully saturated rings. The minimum atomic E-state index is -2.51.